The Morgan fingerprint density at radius 1 is 1.50 bits per heavy atom. The maximum absolute atomic E-state index is 9.15. The zero-order chi connectivity index (χ0) is 7.72. The van der Waals surface area contributed by atoms with Crippen molar-refractivity contribution in [3.8, 4) is 4.31 Å². The summed E-state index contributed by atoms with van der Waals surface area (Å²) in [7, 11) is 0. The quantitative estimate of drug-likeness (QED) is 0.319. The van der Waals surface area contributed by atoms with Crippen LogP contribution in [0, 0.1) is 4.31 Å². The fourth-order valence-electron chi connectivity index (χ4n) is 1.28. The van der Waals surface area contributed by atoms with Gasteiger partial charge in [-0.25, -0.2) is 0 Å². The van der Waals surface area contributed by atoms with E-state index in [9.17, 15) is 0 Å². The van der Waals surface area contributed by atoms with Gasteiger partial charge in [-0.15, -0.1) is 4.31 Å². The molecule has 0 bridgehead atoms. The Labute approximate surface area is 67.6 Å². The van der Waals surface area contributed by atoms with E-state index in [2.05, 4.69) is 0 Å². The van der Waals surface area contributed by atoms with Gasteiger partial charge in [0.15, 0.2) is 0 Å². The lowest BCUT2D eigenvalue weighted by atomic mass is 10.3. The van der Waals surface area contributed by atoms with Crippen molar-refractivity contribution in [3.63, 3.8) is 0 Å². The highest BCUT2D eigenvalue weighted by atomic mass is 127. The molecule has 1 fully saturated rings. The molecule has 60 valence electrons. The van der Waals surface area contributed by atoms with Gasteiger partial charge >= 0.3 is 0 Å². The highest BCUT2D eigenvalue weighted by Crippen LogP contribution is 2.32. The highest BCUT2D eigenvalue weighted by Gasteiger charge is 2.30. The number of hydrogen-bond donors (Lipinski definition) is 3. The van der Waals surface area contributed by atoms with E-state index >= 15 is 0 Å². The van der Waals surface area contributed by atoms with E-state index in [0.29, 0.717) is 6.42 Å². The summed E-state index contributed by atoms with van der Waals surface area (Å²) in [4.78, 5) is 0. The lowest BCUT2D eigenvalue weighted by Crippen LogP contribution is -2.27. The average molecular weight is 256 g/mol. The van der Waals surface area contributed by atoms with Crippen molar-refractivity contribution in [2.45, 2.75) is 28.9 Å². The Morgan fingerprint density at radius 2 is 2.10 bits per heavy atom. The van der Waals surface area contributed by atoms with Crippen LogP contribution in [0.5, 0.6) is 0 Å². The zero-order valence-corrected chi connectivity index (χ0v) is 7.86. The number of nitrogens with two attached hydrogens (primary N) is 2. The van der Waals surface area contributed by atoms with Crippen LogP contribution >= 0.6 is 19.4 Å². The molecule has 0 amide bonds. The van der Waals surface area contributed by atoms with Crippen molar-refractivity contribution in [2.24, 2.45) is 9.68 Å². The predicted octanol–water partition coefficient (Wildman–Crippen LogP) is -0.194. The highest BCUT2D eigenvalue weighted by molar-refractivity contribution is 14.2. The molecule has 0 spiro atoms. The molecule has 1 aliphatic carbocycles. The molecule has 0 heterocycles. The molecule has 1 unspecified atom stereocenters. The minimum absolute atomic E-state index is 0.0511. The van der Waals surface area contributed by atoms with Crippen LogP contribution in [-0.2, 0) is 0 Å². The minimum atomic E-state index is -1.76. The summed E-state index contributed by atoms with van der Waals surface area (Å²) in [5.74, 6) is 0. The first-order chi connectivity index (χ1) is 4.61. The Bertz CT molecular complexity index is 186. The van der Waals surface area contributed by atoms with Crippen LogP contribution in [0.25, 0.3) is 0 Å². The van der Waals surface area contributed by atoms with Crippen LogP contribution in [0.4, 0.5) is 0 Å². The molecule has 3 nitrogen and oxygen atoms in total. The third-order valence-electron chi connectivity index (χ3n) is 1.83. The fourth-order valence-corrected chi connectivity index (χ4v) is 3.82. The lowest BCUT2D eigenvalue weighted by molar-refractivity contribution is 0.182. The van der Waals surface area contributed by atoms with Crippen LogP contribution in [-0.4, -0.2) is 21.2 Å². The van der Waals surface area contributed by atoms with Gasteiger partial charge in [0.25, 0.3) is 0 Å². The molecule has 0 aromatic carbocycles. The third-order valence-corrected chi connectivity index (χ3v) is 5.11. The molecular formula is C6H13IN2O. The molecule has 0 aromatic heterocycles. The van der Waals surface area contributed by atoms with Crippen molar-refractivity contribution < 1.29 is 5.11 Å². The Hall–Kier alpha value is 0.390. The number of aliphatic hydroxyl groups is 1. The van der Waals surface area contributed by atoms with Crippen LogP contribution in [0.3, 0.4) is 0 Å². The van der Waals surface area contributed by atoms with Crippen LogP contribution < -0.4 is 9.68 Å². The standard InChI is InChI=1S/C6H13IN2O/c1-7(9)5-2-4(10)3-6(5)8/h1,4-6,10H,2-3,8-9H2/t4-,5?,6-/m1/s1. The van der Waals surface area contributed by atoms with E-state index in [-0.39, 0.29) is 16.1 Å². The molecule has 1 saturated carbocycles. The van der Waals surface area contributed by atoms with E-state index in [4.69, 9.17) is 19.1 Å². The molecule has 0 aliphatic heterocycles. The molecule has 4 heteroatoms. The number of aliphatic hydroxyl groups excluding tert-OH is 1. The fraction of sp³-hybridized carbons (Fsp3) is 0.833. The van der Waals surface area contributed by atoms with Crippen LogP contribution in [0.2, 0.25) is 0 Å². The zero-order valence-electron chi connectivity index (χ0n) is 5.70. The second kappa shape index (κ2) is 3.19. The monoisotopic (exact) mass is 256 g/mol. The number of alkyl halides is 1. The van der Waals surface area contributed by atoms with E-state index in [0.717, 1.165) is 6.42 Å². The molecule has 3 atom stereocenters. The van der Waals surface area contributed by atoms with Gasteiger partial charge in [-0.2, -0.15) is 0 Å². The lowest BCUT2D eigenvalue weighted by Gasteiger charge is -2.11. The Morgan fingerprint density at radius 3 is 2.30 bits per heavy atom. The molecule has 0 radical (unpaired) electrons. The topological polar surface area (TPSA) is 72.3 Å². The first-order valence-corrected chi connectivity index (χ1v) is 6.95. The summed E-state index contributed by atoms with van der Waals surface area (Å²) in [5.41, 5.74) is 5.69. The van der Waals surface area contributed by atoms with Gasteiger partial charge in [0.2, 0.25) is 0 Å². The van der Waals surface area contributed by atoms with Gasteiger partial charge in [0.1, 0.15) is 0 Å². The van der Waals surface area contributed by atoms with Crippen LogP contribution in [0.15, 0.2) is 0 Å². The first-order valence-electron chi connectivity index (χ1n) is 3.21. The normalized spacial score (nSPS) is 40.9. The van der Waals surface area contributed by atoms with Gasteiger partial charge in [-0.1, -0.05) is 19.4 Å². The van der Waals surface area contributed by atoms with Crippen molar-refractivity contribution in [1.29, 1.82) is 0 Å². The van der Waals surface area contributed by atoms with Crippen molar-refractivity contribution in [3.05, 3.63) is 0 Å². The summed E-state index contributed by atoms with van der Waals surface area (Å²) in [6.45, 7) is 0. The summed E-state index contributed by atoms with van der Waals surface area (Å²) in [6.07, 6.45) is 1.14. The molecular weight excluding hydrogens is 243 g/mol. The second-order valence-corrected chi connectivity index (χ2v) is 6.44. The average Bonchev–Trinajstić information content (AvgIpc) is 2.10. The van der Waals surface area contributed by atoms with Crippen molar-refractivity contribution in [1.82, 2.24) is 0 Å². The molecule has 10 heavy (non-hydrogen) atoms. The summed E-state index contributed by atoms with van der Waals surface area (Å²) < 4.78 is 11.4. The van der Waals surface area contributed by atoms with Crippen molar-refractivity contribution >= 4 is 19.4 Å². The maximum atomic E-state index is 9.15. The van der Waals surface area contributed by atoms with E-state index in [1.165, 1.54) is 0 Å². The summed E-state index contributed by atoms with van der Waals surface area (Å²) >= 11 is -1.76. The Balaban J connectivity index is 2.57. The number of rotatable bonds is 0. The molecule has 1 aliphatic rings. The SMILES string of the molecule is C#I(N)C1C[C@@H](O)C[C@H]1N. The van der Waals surface area contributed by atoms with E-state index in [1.807, 2.05) is 0 Å². The molecule has 0 aromatic rings. The Kier molecular flexibility index (Phi) is 2.71. The van der Waals surface area contributed by atoms with Crippen LogP contribution in [0.1, 0.15) is 12.8 Å². The number of halogens is 1. The predicted molar refractivity (Wildman–Crippen MR) is 50.2 cm³/mol. The smallest absolute Gasteiger partial charge is 0.0566 e. The molecule has 1 rings (SSSR count). The number of hydrogen-bond acceptors (Lipinski definition) is 3. The van der Waals surface area contributed by atoms with Gasteiger partial charge in [-0.05, 0) is 12.8 Å². The largest absolute Gasteiger partial charge is 0.393 e. The second-order valence-electron chi connectivity index (χ2n) is 2.68. The van der Waals surface area contributed by atoms with Gasteiger partial charge in [0, 0.05) is 9.97 Å². The minimum Gasteiger partial charge on any atom is -0.393 e. The van der Waals surface area contributed by atoms with Gasteiger partial charge < -0.3 is 10.8 Å². The van der Waals surface area contributed by atoms with Crippen molar-refractivity contribution in [2.75, 3.05) is 0 Å². The van der Waals surface area contributed by atoms with E-state index < -0.39 is 19.4 Å². The summed E-state index contributed by atoms with van der Waals surface area (Å²) in [5, 5.41) is 9.15. The molecule has 5 N–H and O–H groups in total. The third kappa shape index (κ3) is 1.71. The summed E-state index contributed by atoms with van der Waals surface area (Å²) in [6, 6.07) is 0.0511. The first kappa shape index (κ1) is 8.49. The van der Waals surface area contributed by atoms with E-state index in [1.54, 1.807) is 0 Å². The van der Waals surface area contributed by atoms with Gasteiger partial charge in [-0.3, -0.25) is 3.95 Å². The molecule has 0 saturated heterocycles. The van der Waals surface area contributed by atoms with Gasteiger partial charge in [0.05, 0.1) is 6.10 Å². The maximum Gasteiger partial charge on any atom is 0.0566 e.